The minimum absolute atomic E-state index is 0.689. The Labute approximate surface area is 75.5 Å². The first-order valence-corrected chi connectivity index (χ1v) is 4.85. The number of hydrogen-bond donors (Lipinski definition) is 0. The van der Waals surface area contributed by atoms with E-state index in [1.54, 1.807) is 6.26 Å². The third-order valence-electron chi connectivity index (χ3n) is 1.53. The predicted octanol–water partition coefficient (Wildman–Crippen LogP) is 3.44. The van der Waals surface area contributed by atoms with Gasteiger partial charge in [0.2, 0.25) is 0 Å². The summed E-state index contributed by atoms with van der Waals surface area (Å²) in [5, 5.41) is 0. The molecule has 0 aliphatic rings. The third kappa shape index (κ3) is 9.50. The number of allylic oxidation sites excluding steroid dienone is 1. The molecule has 2 nitrogen and oxygen atoms in total. The van der Waals surface area contributed by atoms with E-state index < -0.39 is 0 Å². The molecule has 12 heavy (non-hydrogen) atoms. The fourth-order valence-corrected chi connectivity index (χ4v) is 0.720. The van der Waals surface area contributed by atoms with Gasteiger partial charge in [-0.05, 0) is 25.3 Å². The molecule has 0 saturated carbocycles. The maximum absolute atomic E-state index is 4.87. The van der Waals surface area contributed by atoms with Crippen molar-refractivity contribution in [1.82, 2.24) is 0 Å². The minimum Gasteiger partial charge on any atom is -0.346 e. The Kier molecular flexibility index (Phi) is 10.1. The molecule has 0 atom stereocenters. The second-order valence-electron chi connectivity index (χ2n) is 2.79. The lowest BCUT2D eigenvalue weighted by atomic mass is 10.2. The summed E-state index contributed by atoms with van der Waals surface area (Å²) in [6.45, 7) is 4.99. The summed E-state index contributed by atoms with van der Waals surface area (Å²) < 4.78 is 0. The highest BCUT2D eigenvalue weighted by atomic mass is 17.2. The molecule has 0 aromatic carbocycles. The number of unbranched alkanes of at least 4 members (excludes halogenated alkanes) is 3. The van der Waals surface area contributed by atoms with Crippen LogP contribution in [0.5, 0.6) is 0 Å². The van der Waals surface area contributed by atoms with Gasteiger partial charge in [0.05, 0.1) is 6.61 Å². The zero-order valence-electron chi connectivity index (χ0n) is 8.21. The van der Waals surface area contributed by atoms with Crippen LogP contribution >= 0.6 is 0 Å². The Hall–Kier alpha value is -0.500. The van der Waals surface area contributed by atoms with E-state index in [2.05, 4.69) is 13.8 Å². The molecular weight excluding hydrogens is 152 g/mol. The second kappa shape index (κ2) is 10.5. The van der Waals surface area contributed by atoms with Crippen LogP contribution < -0.4 is 0 Å². The molecular formula is C10H20O2. The Morgan fingerprint density at radius 1 is 1.08 bits per heavy atom. The average Bonchev–Trinajstić information content (AvgIpc) is 2.10. The summed E-state index contributed by atoms with van der Waals surface area (Å²) in [6.07, 6.45) is 9.34. The topological polar surface area (TPSA) is 18.5 Å². The van der Waals surface area contributed by atoms with Crippen molar-refractivity contribution >= 4 is 0 Å². The molecule has 0 radical (unpaired) electrons. The summed E-state index contributed by atoms with van der Waals surface area (Å²) in [5.74, 6) is 0. The van der Waals surface area contributed by atoms with Crippen molar-refractivity contribution in [3.63, 3.8) is 0 Å². The molecule has 0 spiro atoms. The fourth-order valence-electron chi connectivity index (χ4n) is 0.720. The molecule has 0 amide bonds. The lowest BCUT2D eigenvalue weighted by molar-refractivity contribution is -0.249. The molecule has 0 aliphatic heterocycles. The minimum atomic E-state index is 0.689. The molecule has 0 aromatic rings. The van der Waals surface area contributed by atoms with Crippen LogP contribution in [0.15, 0.2) is 12.3 Å². The van der Waals surface area contributed by atoms with Crippen molar-refractivity contribution in [3.8, 4) is 0 Å². The van der Waals surface area contributed by atoms with Crippen molar-refractivity contribution < 1.29 is 9.78 Å². The third-order valence-corrected chi connectivity index (χ3v) is 1.53. The molecule has 0 saturated heterocycles. The molecule has 0 bridgehead atoms. The van der Waals surface area contributed by atoms with Crippen molar-refractivity contribution in [2.75, 3.05) is 6.61 Å². The van der Waals surface area contributed by atoms with Crippen LogP contribution in [-0.4, -0.2) is 6.61 Å². The van der Waals surface area contributed by atoms with Gasteiger partial charge in [-0.15, -0.1) is 0 Å². The Balaban J connectivity index is 2.92. The fraction of sp³-hybridized carbons (Fsp3) is 0.800. The molecule has 0 rings (SSSR count). The van der Waals surface area contributed by atoms with Gasteiger partial charge < -0.3 is 4.89 Å². The highest BCUT2D eigenvalue weighted by Crippen LogP contribution is 1.95. The standard InChI is InChI=1S/C10H20O2/c1-3-5-7-8-10-12-11-9-6-4-2/h8,10H,3-7,9H2,1-2H3. The molecule has 0 fully saturated rings. The van der Waals surface area contributed by atoms with Crippen LogP contribution in [0, 0.1) is 0 Å². The van der Waals surface area contributed by atoms with Crippen LogP contribution in [0.2, 0.25) is 0 Å². The van der Waals surface area contributed by atoms with Gasteiger partial charge in [0.15, 0.2) is 0 Å². The van der Waals surface area contributed by atoms with E-state index in [4.69, 9.17) is 9.78 Å². The smallest absolute Gasteiger partial charge is 0.125 e. The van der Waals surface area contributed by atoms with Crippen LogP contribution in [0.3, 0.4) is 0 Å². The van der Waals surface area contributed by atoms with Gasteiger partial charge in [-0.1, -0.05) is 26.7 Å². The molecule has 2 heteroatoms. The van der Waals surface area contributed by atoms with Crippen molar-refractivity contribution in [1.29, 1.82) is 0 Å². The molecule has 72 valence electrons. The second-order valence-corrected chi connectivity index (χ2v) is 2.79. The van der Waals surface area contributed by atoms with Crippen LogP contribution in [0.1, 0.15) is 46.0 Å². The first-order chi connectivity index (χ1) is 5.91. The van der Waals surface area contributed by atoms with Crippen molar-refractivity contribution in [3.05, 3.63) is 12.3 Å². The van der Waals surface area contributed by atoms with Gasteiger partial charge in [-0.2, -0.15) is 4.89 Å². The van der Waals surface area contributed by atoms with Gasteiger partial charge in [-0.25, -0.2) is 0 Å². The van der Waals surface area contributed by atoms with Crippen molar-refractivity contribution in [2.24, 2.45) is 0 Å². The van der Waals surface area contributed by atoms with E-state index in [0.717, 1.165) is 19.3 Å². The van der Waals surface area contributed by atoms with Crippen LogP contribution in [0.4, 0.5) is 0 Å². The largest absolute Gasteiger partial charge is 0.346 e. The Morgan fingerprint density at radius 3 is 2.50 bits per heavy atom. The van der Waals surface area contributed by atoms with Crippen LogP contribution in [0.25, 0.3) is 0 Å². The summed E-state index contributed by atoms with van der Waals surface area (Å²) >= 11 is 0. The summed E-state index contributed by atoms with van der Waals surface area (Å²) in [4.78, 5) is 9.67. The van der Waals surface area contributed by atoms with E-state index in [0.29, 0.717) is 6.61 Å². The monoisotopic (exact) mass is 172 g/mol. The van der Waals surface area contributed by atoms with E-state index in [-0.39, 0.29) is 0 Å². The first kappa shape index (κ1) is 11.5. The molecule has 0 N–H and O–H groups in total. The van der Waals surface area contributed by atoms with E-state index in [9.17, 15) is 0 Å². The molecule has 0 aromatic heterocycles. The maximum Gasteiger partial charge on any atom is 0.125 e. The molecule has 0 heterocycles. The highest BCUT2D eigenvalue weighted by Gasteiger charge is 1.83. The lowest BCUT2D eigenvalue weighted by Crippen LogP contribution is -1.90. The van der Waals surface area contributed by atoms with E-state index in [1.165, 1.54) is 12.8 Å². The summed E-state index contributed by atoms with van der Waals surface area (Å²) in [7, 11) is 0. The predicted molar refractivity (Wildman–Crippen MR) is 50.6 cm³/mol. The maximum atomic E-state index is 4.87. The Bertz CT molecular complexity index is 100. The van der Waals surface area contributed by atoms with Gasteiger partial charge in [0.1, 0.15) is 6.26 Å². The summed E-state index contributed by atoms with van der Waals surface area (Å²) in [5.41, 5.74) is 0. The summed E-state index contributed by atoms with van der Waals surface area (Å²) in [6, 6.07) is 0. The molecule has 0 aliphatic carbocycles. The highest BCUT2D eigenvalue weighted by molar-refractivity contribution is 4.71. The van der Waals surface area contributed by atoms with Gasteiger partial charge in [-0.3, -0.25) is 0 Å². The first-order valence-electron chi connectivity index (χ1n) is 4.85. The average molecular weight is 172 g/mol. The Morgan fingerprint density at radius 2 is 1.83 bits per heavy atom. The van der Waals surface area contributed by atoms with Gasteiger partial charge in [0, 0.05) is 0 Å². The number of rotatable bonds is 8. The lowest BCUT2D eigenvalue weighted by Gasteiger charge is -1.97. The normalized spacial score (nSPS) is 10.8. The number of hydrogen-bond acceptors (Lipinski definition) is 2. The zero-order valence-corrected chi connectivity index (χ0v) is 8.21. The SMILES string of the molecule is CCCCC=COOCCCC. The molecule has 0 unspecified atom stereocenters. The van der Waals surface area contributed by atoms with E-state index >= 15 is 0 Å². The zero-order chi connectivity index (χ0) is 9.07. The van der Waals surface area contributed by atoms with Gasteiger partial charge >= 0.3 is 0 Å². The van der Waals surface area contributed by atoms with Crippen molar-refractivity contribution in [2.45, 2.75) is 46.0 Å². The van der Waals surface area contributed by atoms with E-state index in [1.807, 2.05) is 6.08 Å². The van der Waals surface area contributed by atoms with Crippen LogP contribution in [-0.2, 0) is 9.78 Å². The van der Waals surface area contributed by atoms with Gasteiger partial charge in [0.25, 0.3) is 0 Å². The quantitative estimate of drug-likeness (QED) is 0.242.